The number of piperidine rings is 3. The number of pyridine rings is 1. The lowest BCUT2D eigenvalue weighted by Crippen LogP contribution is -2.52. The highest BCUT2D eigenvalue weighted by Crippen LogP contribution is 2.44. The van der Waals surface area contributed by atoms with Gasteiger partial charge in [0, 0.05) is 73.8 Å². The lowest BCUT2D eigenvalue weighted by molar-refractivity contribution is -0.134. The summed E-state index contributed by atoms with van der Waals surface area (Å²) in [5.74, 6) is -4.26. The number of benzene rings is 2. The number of imide groups is 1. The van der Waals surface area contributed by atoms with Crippen LogP contribution in [0.5, 0.6) is 5.75 Å². The Morgan fingerprint density at radius 3 is 2.44 bits per heavy atom. The molecule has 5 fully saturated rings. The molecule has 0 bridgehead atoms. The van der Waals surface area contributed by atoms with Crippen molar-refractivity contribution in [3.05, 3.63) is 69.3 Å². The first-order valence-corrected chi connectivity index (χ1v) is 23.3. The molecule has 6 aliphatic rings. The zero-order chi connectivity index (χ0) is 45.6. The summed E-state index contributed by atoms with van der Waals surface area (Å²) in [5, 5.41) is 17.0. The quantitative estimate of drug-likeness (QED) is 0.0893. The maximum absolute atomic E-state index is 16.2. The Hall–Kier alpha value is -5.82. The van der Waals surface area contributed by atoms with Gasteiger partial charge in [-0.3, -0.25) is 29.7 Å². The van der Waals surface area contributed by atoms with E-state index >= 15 is 17.6 Å². The Labute approximate surface area is 377 Å². The van der Waals surface area contributed by atoms with E-state index < -0.39 is 41.9 Å². The van der Waals surface area contributed by atoms with Gasteiger partial charge in [-0.1, -0.05) is 12.1 Å². The highest BCUT2D eigenvalue weighted by Gasteiger charge is 2.47. The molecule has 5 aromatic rings. The Kier molecular flexibility index (Phi) is 10.7. The van der Waals surface area contributed by atoms with Gasteiger partial charge in [0.05, 0.1) is 28.5 Å². The summed E-state index contributed by atoms with van der Waals surface area (Å²) in [6.45, 7) is 4.98. The molecule has 66 heavy (non-hydrogen) atoms. The molecule has 2 saturated carbocycles. The fraction of sp³-hybridized carbons (Fsp3) is 0.532. The Bertz CT molecular complexity index is 2830. The van der Waals surface area contributed by atoms with Crippen molar-refractivity contribution in [2.75, 3.05) is 54.9 Å². The van der Waals surface area contributed by atoms with Crippen LogP contribution in [0.25, 0.3) is 21.8 Å². The largest absolute Gasteiger partial charge is 0.480 e. The van der Waals surface area contributed by atoms with Gasteiger partial charge in [0.2, 0.25) is 23.5 Å². The van der Waals surface area contributed by atoms with Crippen molar-refractivity contribution < 1.29 is 31.9 Å². The number of anilines is 4. The highest BCUT2D eigenvalue weighted by atomic mass is 19.3. The number of ether oxygens (including phenoxy) is 1. The van der Waals surface area contributed by atoms with Gasteiger partial charge in [0.1, 0.15) is 23.3 Å². The minimum absolute atomic E-state index is 0.0611. The molecule has 4 aliphatic heterocycles. The van der Waals surface area contributed by atoms with E-state index in [0.29, 0.717) is 62.7 Å². The first-order valence-electron chi connectivity index (χ1n) is 23.3. The SMILES string of the molecule is Cc1cnc(N2CCC(CN3CCC(c4ccc5c(C6CCC(=O)NC6=O)nn(C)c5c4F)CC3)CC2)nc1Nc1cc2c3c(c(=O)n(C4CC4)c2cc1F)OCC(F)(F)C(NC1CC1)N3. The average molecular weight is 912 g/mol. The summed E-state index contributed by atoms with van der Waals surface area (Å²) in [5.41, 5.74) is 2.18. The molecule has 0 radical (unpaired) electrons. The number of carbonyl (C=O) groups excluding carboxylic acids is 2. The van der Waals surface area contributed by atoms with Crippen LogP contribution in [0.3, 0.4) is 0 Å². The maximum Gasteiger partial charge on any atom is 0.313 e. The van der Waals surface area contributed by atoms with Crippen LogP contribution >= 0.6 is 0 Å². The summed E-state index contributed by atoms with van der Waals surface area (Å²) >= 11 is 0. The minimum Gasteiger partial charge on any atom is -0.480 e. The third kappa shape index (κ3) is 7.90. The van der Waals surface area contributed by atoms with Crippen LogP contribution < -0.4 is 36.5 Å². The number of likely N-dealkylation sites (tertiary alicyclic amines) is 1. The summed E-state index contributed by atoms with van der Waals surface area (Å²) in [4.78, 5) is 52.2. The number of fused-ring (bicyclic) bond motifs is 4. The van der Waals surface area contributed by atoms with E-state index in [4.69, 9.17) is 9.72 Å². The predicted octanol–water partition coefficient (Wildman–Crippen LogP) is 6.48. The number of rotatable bonds is 10. The van der Waals surface area contributed by atoms with Crippen molar-refractivity contribution >= 4 is 56.8 Å². The van der Waals surface area contributed by atoms with E-state index in [1.807, 2.05) is 19.1 Å². The lowest BCUT2D eigenvalue weighted by Gasteiger charge is -2.38. The Morgan fingerprint density at radius 2 is 1.71 bits per heavy atom. The van der Waals surface area contributed by atoms with Crippen LogP contribution in [-0.2, 0) is 16.6 Å². The number of halogens is 4. The number of aryl methyl sites for hydroxylation is 2. The molecule has 2 aliphatic carbocycles. The maximum atomic E-state index is 16.2. The van der Waals surface area contributed by atoms with Crippen LogP contribution in [0.2, 0.25) is 0 Å². The molecule has 11 rings (SSSR count). The van der Waals surface area contributed by atoms with E-state index in [-0.39, 0.29) is 53.3 Å². The number of hydrogen-bond acceptors (Lipinski definition) is 12. The number of alkyl halides is 2. The third-order valence-corrected chi connectivity index (χ3v) is 14.5. The smallest absolute Gasteiger partial charge is 0.313 e. The van der Waals surface area contributed by atoms with Crippen molar-refractivity contribution in [3.63, 3.8) is 0 Å². The third-order valence-electron chi connectivity index (χ3n) is 14.5. The standard InChI is InChI=1S/C47H53F4N11O4/c1-24-21-52-46(57-42(24)54-34-19-32-35(20-33(34)48)62(28-5-6-28)44(65)41-39(32)56-45(53-27-3-4-27)47(50,51)23-66-41)61-17-11-25(12-18-61)22-60-15-13-26(14-16-60)29-7-8-30-38(58-59(2)40(30)37(29)49)31-9-10-36(63)55-43(31)64/h7-8,19-21,25-28,31,45,53,56H,3-6,9-18,22-23H2,1-2H3,(H,52,54,57)(H,55,63,64). The first kappa shape index (κ1) is 42.8. The van der Waals surface area contributed by atoms with Crippen LogP contribution in [0.15, 0.2) is 35.3 Å². The number of aromatic nitrogens is 5. The number of nitrogens with one attached hydrogen (secondary N) is 4. The highest BCUT2D eigenvalue weighted by molar-refractivity contribution is 6.02. The number of hydrogen-bond donors (Lipinski definition) is 4. The molecule has 3 saturated heterocycles. The Morgan fingerprint density at radius 1 is 0.939 bits per heavy atom. The van der Waals surface area contributed by atoms with Gasteiger partial charge < -0.3 is 29.7 Å². The van der Waals surface area contributed by atoms with E-state index in [1.54, 1.807) is 19.3 Å². The van der Waals surface area contributed by atoms with Crippen LogP contribution in [-0.4, -0.2) is 98.5 Å². The van der Waals surface area contributed by atoms with Gasteiger partial charge in [-0.25, -0.2) is 13.8 Å². The van der Waals surface area contributed by atoms with Gasteiger partial charge in [-0.05, 0) is 101 Å². The summed E-state index contributed by atoms with van der Waals surface area (Å²) < 4.78 is 71.7. The second-order valence-electron chi connectivity index (χ2n) is 19.2. The number of amides is 2. The fourth-order valence-corrected chi connectivity index (χ4v) is 10.5. The van der Waals surface area contributed by atoms with Gasteiger partial charge in [0.25, 0.3) is 5.56 Å². The molecular weight excluding hydrogens is 859 g/mol. The van der Waals surface area contributed by atoms with Crippen molar-refractivity contribution in [2.24, 2.45) is 13.0 Å². The predicted molar refractivity (Wildman–Crippen MR) is 240 cm³/mol. The van der Waals surface area contributed by atoms with E-state index in [2.05, 4.69) is 41.1 Å². The Balaban J connectivity index is 0.746. The molecule has 2 aromatic carbocycles. The van der Waals surface area contributed by atoms with Crippen molar-refractivity contribution in [1.82, 2.24) is 39.8 Å². The average Bonchev–Trinajstić information content (AvgIpc) is 4.24. The molecule has 19 heteroatoms. The van der Waals surface area contributed by atoms with Crippen LogP contribution in [0.1, 0.15) is 98.9 Å². The molecule has 3 aromatic heterocycles. The topological polar surface area (TPSA) is 164 Å². The van der Waals surface area contributed by atoms with Gasteiger partial charge >= 0.3 is 5.92 Å². The minimum atomic E-state index is -3.32. The monoisotopic (exact) mass is 911 g/mol. The van der Waals surface area contributed by atoms with E-state index in [1.165, 1.54) is 15.3 Å². The second kappa shape index (κ2) is 16.5. The van der Waals surface area contributed by atoms with Crippen molar-refractivity contribution in [1.29, 1.82) is 0 Å². The van der Waals surface area contributed by atoms with Gasteiger partial charge in [0.15, 0.2) is 12.4 Å². The van der Waals surface area contributed by atoms with Crippen LogP contribution in [0, 0.1) is 24.5 Å². The normalized spacial score (nSPS) is 23.1. The zero-order valence-electron chi connectivity index (χ0n) is 36.9. The molecule has 15 nitrogen and oxygen atoms in total. The first-order chi connectivity index (χ1) is 31.8. The molecule has 348 valence electrons. The fourth-order valence-electron chi connectivity index (χ4n) is 10.5. The molecule has 0 spiro atoms. The molecule has 2 atom stereocenters. The zero-order valence-corrected chi connectivity index (χ0v) is 36.9. The molecular formula is C47H53F4N11O4. The van der Waals surface area contributed by atoms with Crippen molar-refractivity contribution in [3.8, 4) is 5.75 Å². The molecule has 2 unspecified atom stereocenters. The van der Waals surface area contributed by atoms with E-state index in [9.17, 15) is 14.4 Å². The molecule has 7 heterocycles. The molecule has 2 amide bonds. The van der Waals surface area contributed by atoms with Gasteiger partial charge in [-0.15, -0.1) is 0 Å². The summed E-state index contributed by atoms with van der Waals surface area (Å²) in [6, 6.07) is 6.33. The van der Waals surface area contributed by atoms with Crippen LogP contribution in [0.4, 0.5) is 40.7 Å². The summed E-state index contributed by atoms with van der Waals surface area (Å²) in [7, 11) is 1.69. The molecule has 4 N–H and O–H groups in total. The second-order valence-corrected chi connectivity index (χ2v) is 19.2. The summed E-state index contributed by atoms with van der Waals surface area (Å²) in [6.07, 6.45) is 7.31. The van der Waals surface area contributed by atoms with Gasteiger partial charge in [-0.2, -0.15) is 18.9 Å². The number of nitrogens with zero attached hydrogens (tertiary/aromatic N) is 7. The number of carbonyl (C=O) groups is 2. The van der Waals surface area contributed by atoms with E-state index in [0.717, 1.165) is 84.1 Å². The van der Waals surface area contributed by atoms with Crippen molar-refractivity contribution in [2.45, 2.75) is 107 Å². The lowest BCUT2D eigenvalue weighted by atomic mass is 9.86.